The molecular weight excluding hydrogens is 352 g/mol. The van der Waals surface area contributed by atoms with Gasteiger partial charge in [0.15, 0.2) is 15.8 Å². The number of hydrogen-bond acceptors (Lipinski definition) is 4. The number of aliphatic imine (C=N–C) groups is 1. The van der Waals surface area contributed by atoms with E-state index >= 15 is 0 Å². The minimum absolute atomic E-state index is 0.0682. The molecule has 1 heterocycles. The highest BCUT2D eigenvalue weighted by atomic mass is 32.2. The number of benzene rings is 1. The zero-order chi connectivity index (χ0) is 19.4. The monoisotopic (exact) mass is 380 g/mol. The van der Waals surface area contributed by atoms with E-state index in [4.69, 9.17) is 0 Å². The Hall–Kier alpha value is -2.09. The summed E-state index contributed by atoms with van der Waals surface area (Å²) in [6.07, 6.45) is 0. The third kappa shape index (κ3) is 4.97. The Balaban J connectivity index is 2.18. The molecule has 1 N–H and O–H groups in total. The Labute approximate surface area is 156 Å². The number of carbonyl (C=O) groups excluding carboxylic acids is 1. The van der Waals surface area contributed by atoms with Gasteiger partial charge in [-0.1, -0.05) is 30.3 Å². The number of guanidine groups is 1. The first-order valence-corrected chi connectivity index (χ1v) is 10.3. The molecule has 1 saturated heterocycles. The maximum Gasteiger partial charge on any atom is 0.241 e. The largest absolute Gasteiger partial charge is 0.347 e. The molecule has 1 aromatic rings. The fourth-order valence-electron chi connectivity index (χ4n) is 2.65. The second-order valence-electron chi connectivity index (χ2n) is 7.27. The predicted octanol–water partition coefficient (Wildman–Crippen LogP) is 0.729. The summed E-state index contributed by atoms with van der Waals surface area (Å²) in [6.45, 7) is 4.74. The van der Waals surface area contributed by atoms with Gasteiger partial charge in [0.1, 0.15) is 0 Å². The van der Waals surface area contributed by atoms with Crippen LogP contribution in [0.1, 0.15) is 19.4 Å². The number of hydrogen-bond donors (Lipinski definition) is 1. The van der Waals surface area contributed by atoms with Crippen molar-refractivity contribution in [2.24, 2.45) is 4.99 Å². The summed E-state index contributed by atoms with van der Waals surface area (Å²) < 4.78 is 23.7. The van der Waals surface area contributed by atoms with E-state index < -0.39 is 14.6 Å². The first-order valence-electron chi connectivity index (χ1n) is 8.62. The molecule has 1 amide bonds. The van der Waals surface area contributed by atoms with Crippen molar-refractivity contribution in [2.45, 2.75) is 25.1 Å². The molecule has 1 aliphatic heterocycles. The summed E-state index contributed by atoms with van der Waals surface area (Å²) in [5.41, 5.74) is 1.05. The third-order valence-electron chi connectivity index (χ3n) is 4.49. The van der Waals surface area contributed by atoms with Gasteiger partial charge in [-0.3, -0.25) is 4.79 Å². The van der Waals surface area contributed by atoms with Crippen LogP contribution in [0.4, 0.5) is 0 Å². The minimum atomic E-state index is -3.14. The van der Waals surface area contributed by atoms with Crippen LogP contribution in [0.5, 0.6) is 0 Å². The van der Waals surface area contributed by atoms with Gasteiger partial charge in [0.2, 0.25) is 5.91 Å². The Kier molecular flexibility index (Phi) is 6.28. The lowest BCUT2D eigenvalue weighted by atomic mass is 10.2. The number of likely N-dealkylation sites (N-methyl/N-ethyl adjacent to an activating group) is 1. The molecule has 7 nitrogen and oxygen atoms in total. The molecule has 0 radical (unpaired) electrons. The summed E-state index contributed by atoms with van der Waals surface area (Å²) in [5.74, 6) is 0.571. The van der Waals surface area contributed by atoms with Crippen LogP contribution < -0.4 is 5.32 Å². The first-order chi connectivity index (χ1) is 12.1. The topological polar surface area (TPSA) is 82.1 Å². The smallest absolute Gasteiger partial charge is 0.241 e. The van der Waals surface area contributed by atoms with Crippen molar-refractivity contribution in [2.75, 3.05) is 39.5 Å². The average Bonchev–Trinajstić information content (AvgIpc) is 2.58. The van der Waals surface area contributed by atoms with Crippen LogP contribution in [0, 0.1) is 0 Å². The summed E-state index contributed by atoms with van der Waals surface area (Å²) in [6, 6.07) is 9.81. The van der Waals surface area contributed by atoms with Gasteiger partial charge in [-0.2, -0.15) is 0 Å². The van der Waals surface area contributed by atoms with Crippen molar-refractivity contribution < 1.29 is 13.2 Å². The fraction of sp³-hybridized carbons (Fsp3) is 0.556. The summed E-state index contributed by atoms with van der Waals surface area (Å²) in [7, 11) is 0.253. The first kappa shape index (κ1) is 20.2. The highest BCUT2D eigenvalue weighted by Crippen LogP contribution is 2.23. The van der Waals surface area contributed by atoms with Gasteiger partial charge in [0, 0.05) is 27.2 Å². The van der Waals surface area contributed by atoms with Crippen LogP contribution in [-0.2, 0) is 21.2 Å². The average molecular weight is 381 g/mol. The Morgan fingerprint density at radius 3 is 2.50 bits per heavy atom. The Morgan fingerprint density at radius 2 is 1.92 bits per heavy atom. The van der Waals surface area contributed by atoms with Crippen LogP contribution in [0.25, 0.3) is 0 Å². The van der Waals surface area contributed by atoms with Gasteiger partial charge in [0.25, 0.3) is 0 Å². The molecule has 0 aromatic heterocycles. The van der Waals surface area contributed by atoms with Gasteiger partial charge >= 0.3 is 0 Å². The lowest BCUT2D eigenvalue weighted by Crippen LogP contribution is -2.58. The molecule has 1 fully saturated rings. The molecule has 1 aliphatic rings. The summed E-state index contributed by atoms with van der Waals surface area (Å²) in [4.78, 5) is 20.0. The standard InChI is InChI=1S/C18H28N4O3S/c1-18(2)14-22(10-11-26(18,24)25)17(20-13-16(23)21(3)4)19-12-15-8-6-5-7-9-15/h5-9H,10-14H2,1-4H3,(H,19,20). The van der Waals surface area contributed by atoms with Crippen molar-refractivity contribution in [1.82, 2.24) is 15.1 Å². The molecule has 26 heavy (non-hydrogen) atoms. The number of nitrogens with one attached hydrogen (secondary N) is 1. The maximum absolute atomic E-state index is 12.3. The molecule has 0 spiro atoms. The summed E-state index contributed by atoms with van der Waals surface area (Å²) >= 11 is 0. The van der Waals surface area contributed by atoms with E-state index in [0.29, 0.717) is 25.6 Å². The maximum atomic E-state index is 12.3. The molecule has 0 bridgehead atoms. The number of sulfone groups is 1. The molecule has 0 saturated carbocycles. The van der Waals surface area contributed by atoms with Crippen molar-refractivity contribution in [1.29, 1.82) is 0 Å². The Bertz CT molecular complexity index is 758. The lowest BCUT2D eigenvalue weighted by molar-refractivity contribution is -0.127. The molecule has 8 heteroatoms. The quantitative estimate of drug-likeness (QED) is 0.615. The zero-order valence-electron chi connectivity index (χ0n) is 15.9. The summed E-state index contributed by atoms with van der Waals surface area (Å²) in [5, 5.41) is 3.10. The SMILES string of the molecule is CN(C)C(=O)CNC(=NCc1ccccc1)N1CCS(=O)(=O)C(C)(C)C1. The van der Waals surface area contributed by atoms with E-state index in [2.05, 4.69) is 10.3 Å². The van der Waals surface area contributed by atoms with Crippen LogP contribution in [0.2, 0.25) is 0 Å². The molecule has 0 atom stereocenters. The van der Waals surface area contributed by atoms with Gasteiger partial charge in [-0.05, 0) is 19.4 Å². The molecule has 144 valence electrons. The lowest BCUT2D eigenvalue weighted by Gasteiger charge is -2.39. The van der Waals surface area contributed by atoms with Crippen LogP contribution >= 0.6 is 0 Å². The van der Waals surface area contributed by atoms with Crippen LogP contribution in [0.15, 0.2) is 35.3 Å². The molecule has 0 aliphatic carbocycles. The number of nitrogens with zero attached hydrogens (tertiary/aromatic N) is 3. The molecule has 2 rings (SSSR count). The van der Waals surface area contributed by atoms with E-state index in [0.717, 1.165) is 5.56 Å². The van der Waals surface area contributed by atoms with Crippen LogP contribution in [-0.4, -0.2) is 74.3 Å². The molecule has 0 unspecified atom stereocenters. The minimum Gasteiger partial charge on any atom is -0.347 e. The second-order valence-corrected chi connectivity index (χ2v) is 10.0. The number of carbonyl (C=O) groups is 1. The van der Waals surface area contributed by atoms with E-state index in [9.17, 15) is 13.2 Å². The Morgan fingerprint density at radius 1 is 1.27 bits per heavy atom. The zero-order valence-corrected chi connectivity index (χ0v) is 16.7. The fourth-order valence-corrected chi connectivity index (χ4v) is 4.02. The van der Waals surface area contributed by atoms with Gasteiger partial charge < -0.3 is 15.1 Å². The number of rotatable bonds is 4. The van der Waals surface area contributed by atoms with Gasteiger partial charge in [0.05, 0.1) is 23.6 Å². The highest BCUT2D eigenvalue weighted by Gasteiger charge is 2.41. The van der Waals surface area contributed by atoms with E-state index in [1.54, 1.807) is 27.9 Å². The molecule has 1 aromatic carbocycles. The van der Waals surface area contributed by atoms with Crippen molar-refractivity contribution >= 4 is 21.7 Å². The van der Waals surface area contributed by atoms with Crippen molar-refractivity contribution in [3.63, 3.8) is 0 Å². The normalized spacial score (nSPS) is 19.1. The van der Waals surface area contributed by atoms with Gasteiger partial charge in [-0.25, -0.2) is 13.4 Å². The van der Waals surface area contributed by atoms with Gasteiger partial charge in [-0.15, -0.1) is 0 Å². The van der Waals surface area contributed by atoms with E-state index in [1.165, 1.54) is 4.90 Å². The second kappa shape index (κ2) is 8.07. The van der Waals surface area contributed by atoms with E-state index in [1.807, 2.05) is 35.2 Å². The highest BCUT2D eigenvalue weighted by molar-refractivity contribution is 7.92. The third-order valence-corrected chi connectivity index (χ3v) is 7.03. The predicted molar refractivity (Wildman–Crippen MR) is 104 cm³/mol. The van der Waals surface area contributed by atoms with Crippen LogP contribution in [0.3, 0.4) is 0 Å². The van der Waals surface area contributed by atoms with E-state index in [-0.39, 0.29) is 18.2 Å². The molecular formula is C18H28N4O3S. The van der Waals surface area contributed by atoms with Crippen molar-refractivity contribution in [3.8, 4) is 0 Å². The number of amides is 1. The van der Waals surface area contributed by atoms with Crippen molar-refractivity contribution in [3.05, 3.63) is 35.9 Å².